The molecule has 1 aliphatic heterocycles. The van der Waals surface area contributed by atoms with Crippen molar-refractivity contribution in [3.63, 3.8) is 0 Å². The van der Waals surface area contributed by atoms with E-state index in [0.717, 1.165) is 12.2 Å². The number of benzene rings is 1. The molecule has 0 radical (unpaired) electrons. The van der Waals surface area contributed by atoms with Gasteiger partial charge in [0.2, 0.25) is 0 Å². The van der Waals surface area contributed by atoms with Gasteiger partial charge in [-0.2, -0.15) is 11.8 Å². The van der Waals surface area contributed by atoms with Gasteiger partial charge in [-0.3, -0.25) is 11.3 Å². The van der Waals surface area contributed by atoms with E-state index >= 15 is 0 Å². The van der Waals surface area contributed by atoms with Gasteiger partial charge in [0.15, 0.2) is 0 Å². The summed E-state index contributed by atoms with van der Waals surface area (Å²) >= 11 is 3.98. The molecule has 1 aliphatic rings. The van der Waals surface area contributed by atoms with Crippen LogP contribution in [-0.2, 0) is 18.6 Å². The van der Waals surface area contributed by atoms with E-state index < -0.39 is 0 Å². The van der Waals surface area contributed by atoms with E-state index in [2.05, 4.69) is 43.5 Å². The molecule has 1 atom stereocenters. The van der Waals surface area contributed by atoms with Crippen molar-refractivity contribution in [2.75, 3.05) is 5.75 Å². The predicted octanol–water partition coefficient (Wildman–Crippen LogP) is 3.90. The van der Waals surface area contributed by atoms with Gasteiger partial charge in [-0.15, -0.1) is 11.3 Å². The Morgan fingerprint density at radius 3 is 2.71 bits per heavy atom. The largest absolute Gasteiger partial charge is 0.271 e. The third kappa shape index (κ3) is 3.19. The van der Waals surface area contributed by atoms with Crippen LogP contribution in [0.1, 0.15) is 38.0 Å². The maximum Gasteiger partial charge on any atom is 0.0593 e. The van der Waals surface area contributed by atoms with Crippen molar-refractivity contribution in [2.45, 2.75) is 38.5 Å². The molecule has 3 rings (SSSR count). The summed E-state index contributed by atoms with van der Waals surface area (Å²) in [6.45, 7) is 4.37. The van der Waals surface area contributed by atoms with E-state index in [0.29, 0.717) is 0 Å². The van der Waals surface area contributed by atoms with Gasteiger partial charge in [0.05, 0.1) is 6.04 Å². The first-order valence-corrected chi connectivity index (χ1v) is 9.36. The molecule has 3 N–H and O–H groups in total. The number of nitrogens with two attached hydrogens (primary N) is 1. The molecule has 0 spiro atoms. The minimum Gasteiger partial charge on any atom is -0.271 e. The van der Waals surface area contributed by atoms with E-state index in [1.165, 1.54) is 39.3 Å². The van der Waals surface area contributed by atoms with Crippen LogP contribution in [0.25, 0.3) is 0 Å². The fourth-order valence-corrected chi connectivity index (χ4v) is 5.40. The third-order valence-corrected chi connectivity index (χ3v) is 6.60. The number of fused-ring (bicyclic) bond motifs is 1. The van der Waals surface area contributed by atoms with Crippen LogP contribution in [0.2, 0.25) is 0 Å². The second-order valence-electron chi connectivity index (χ2n) is 5.69. The van der Waals surface area contributed by atoms with Crippen molar-refractivity contribution in [1.82, 2.24) is 5.43 Å². The molecule has 0 aliphatic carbocycles. The maximum absolute atomic E-state index is 5.86. The smallest absolute Gasteiger partial charge is 0.0593 e. The highest BCUT2D eigenvalue weighted by atomic mass is 32.2. The Bertz CT molecular complexity index is 590. The molecular weight excluding hydrogens is 296 g/mol. The highest BCUT2D eigenvalue weighted by Gasteiger charge is 2.20. The lowest BCUT2D eigenvalue weighted by Crippen LogP contribution is -2.29. The number of thioether (sulfide) groups is 1. The van der Waals surface area contributed by atoms with Gasteiger partial charge >= 0.3 is 0 Å². The quantitative estimate of drug-likeness (QED) is 0.663. The van der Waals surface area contributed by atoms with Crippen LogP contribution in [-0.4, -0.2) is 5.75 Å². The Morgan fingerprint density at radius 2 is 2.05 bits per heavy atom. The molecule has 0 fully saturated rings. The van der Waals surface area contributed by atoms with Crippen LogP contribution in [0.4, 0.5) is 0 Å². The van der Waals surface area contributed by atoms with Crippen molar-refractivity contribution < 1.29 is 0 Å². The van der Waals surface area contributed by atoms with Crippen molar-refractivity contribution in [1.29, 1.82) is 0 Å². The third-order valence-electron chi connectivity index (χ3n) is 4.24. The molecule has 112 valence electrons. The topological polar surface area (TPSA) is 38.0 Å². The number of hydrogen-bond donors (Lipinski definition) is 2. The average Bonchev–Trinajstić information content (AvgIpc) is 2.90. The molecule has 2 nitrogen and oxygen atoms in total. The van der Waals surface area contributed by atoms with Crippen LogP contribution in [0, 0.1) is 13.8 Å². The summed E-state index contributed by atoms with van der Waals surface area (Å²) in [5, 5.41) is 0. The van der Waals surface area contributed by atoms with E-state index in [9.17, 15) is 0 Å². The normalized spacial score (nSPS) is 15.8. The zero-order chi connectivity index (χ0) is 14.8. The Balaban J connectivity index is 1.87. The van der Waals surface area contributed by atoms with Gasteiger partial charge in [-0.05, 0) is 60.8 Å². The number of hydrazine groups is 1. The molecule has 2 aromatic rings. The molecule has 2 heterocycles. The summed E-state index contributed by atoms with van der Waals surface area (Å²) in [6.07, 6.45) is 2.17. The second kappa shape index (κ2) is 6.53. The summed E-state index contributed by atoms with van der Waals surface area (Å²) in [5.74, 6) is 8.28. The number of rotatable bonds is 4. The number of thiophene rings is 1. The molecule has 1 aromatic carbocycles. The van der Waals surface area contributed by atoms with Crippen molar-refractivity contribution in [2.24, 2.45) is 5.84 Å². The predicted molar refractivity (Wildman–Crippen MR) is 93.9 cm³/mol. The zero-order valence-electron chi connectivity index (χ0n) is 12.6. The highest BCUT2D eigenvalue weighted by Crippen LogP contribution is 2.35. The Hall–Kier alpha value is -0.810. The molecule has 0 saturated carbocycles. The zero-order valence-corrected chi connectivity index (χ0v) is 14.2. The molecule has 1 aromatic heterocycles. The number of nitrogens with one attached hydrogen (secondary N) is 1. The minimum atomic E-state index is 0.213. The summed E-state index contributed by atoms with van der Waals surface area (Å²) in [5.41, 5.74) is 8.68. The van der Waals surface area contributed by atoms with Crippen LogP contribution in [0.15, 0.2) is 24.3 Å². The van der Waals surface area contributed by atoms with Gasteiger partial charge in [0.25, 0.3) is 0 Å². The van der Waals surface area contributed by atoms with Crippen LogP contribution in [0.5, 0.6) is 0 Å². The minimum absolute atomic E-state index is 0.213. The monoisotopic (exact) mass is 318 g/mol. The van der Waals surface area contributed by atoms with Crippen LogP contribution in [0.3, 0.4) is 0 Å². The van der Waals surface area contributed by atoms with E-state index in [-0.39, 0.29) is 6.04 Å². The fraction of sp³-hybridized carbons (Fsp3) is 0.412. The number of aryl methyl sites for hydroxylation is 3. The molecule has 21 heavy (non-hydrogen) atoms. The first kappa shape index (κ1) is 15.1. The molecule has 0 bridgehead atoms. The molecule has 4 heteroatoms. The SMILES string of the molecule is Cc1cccc(C)c1CC(NN)c1cc2c(s1)CCSC2. The van der Waals surface area contributed by atoms with Crippen molar-refractivity contribution in [3.8, 4) is 0 Å². The molecule has 0 amide bonds. The van der Waals surface area contributed by atoms with Gasteiger partial charge in [-0.25, -0.2) is 0 Å². The van der Waals surface area contributed by atoms with Crippen molar-refractivity contribution in [3.05, 3.63) is 56.3 Å². The molecule has 1 unspecified atom stereocenters. The van der Waals surface area contributed by atoms with E-state index in [1.807, 2.05) is 23.1 Å². The molecular formula is C17H22N2S2. The summed E-state index contributed by atoms with van der Waals surface area (Å²) in [7, 11) is 0. The van der Waals surface area contributed by atoms with Gasteiger partial charge < -0.3 is 0 Å². The fourth-order valence-electron chi connectivity index (χ4n) is 2.96. The Kier molecular flexibility index (Phi) is 4.69. The lowest BCUT2D eigenvalue weighted by Gasteiger charge is -2.17. The van der Waals surface area contributed by atoms with Crippen molar-refractivity contribution >= 4 is 23.1 Å². The van der Waals surface area contributed by atoms with Crippen LogP contribution < -0.4 is 11.3 Å². The van der Waals surface area contributed by atoms with Crippen LogP contribution >= 0.6 is 23.1 Å². The lowest BCUT2D eigenvalue weighted by molar-refractivity contribution is 0.558. The van der Waals surface area contributed by atoms with Gasteiger partial charge in [-0.1, -0.05) is 18.2 Å². The van der Waals surface area contributed by atoms with E-state index in [4.69, 9.17) is 5.84 Å². The Morgan fingerprint density at radius 1 is 1.29 bits per heavy atom. The summed E-state index contributed by atoms with van der Waals surface area (Å²) < 4.78 is 0. The van der Waals surface area contributed by atoms with E-state index in [1.54, 1.807) is 4.88 Å². The molecule has 0 saturated heterocycles. The lowest BCUT2D eigenvalue weighted by atomic mass is 9.96. The standard InChI is InChI=1S/C17H22N2S2/c1-11-4-3-5-12(2)14(11)9-15(19-18)17-8-13-10-20-7-6-16(13)21-17/h3-5,8,15,19H,6-7,9-10,18H2,1-2H3. The first-order chi connectivity index (χ1) is 10.2. The maximum atomic E-state index is 5.86. The number of hydrogen-bond acceptors (Lipinski definition) is 4. The highest BCUT2D eigenvalue weighted by molar-refractivity contribution is 7.98. The van der Waals surface area contributed by atoms with Gasteiger partial charge in [0.1, 0.15) is 0 Å². The second-order valence-corrected chi connectivity index (χ2v) is 7.97. The summed E-state index contributed by atoms with van der Waals surface area (Å²) in [6, 6.07) is 9.08. The first-order valence-electron chi connectivity index (χ1n) is 7.39. The van der Waals surface area contributed by atoms with Gasteiger partial charge in [0, 0.05) is 15.5 Å². The average molecular weight is 319 g/mol. The summed E-state index contributed by atoms with van der Waals surface area (Å²) in [4.78, 5) is 2.94. The Labute approximate surface area is 135 Å².